The van der Waals surface area contributed by atoms with E-state index in [0.717, 1.165) is 20.1 Å². The summed E-state index contributed by atoms with van der Waals surface area (Å²) >= 11 is 2.18. The van der Waals surface area contributed by atoms with Crippen LogP contribution in [0.3, 0.4) is 0 Å². The van der Waals surface area contributed by atoms with Gasteiger partial charge >= 0.3 is 11.6 Å². The minimum atomic E-state index is -0.425. The Labute approximate surface area is 162 Å². The molecule has 0 fully saturated rings. The van der Waals surface area contributed by atoms with Crippen LogP contribution in [0.1, 0.15) is 10.4 Å². The van der Waals surface area contributed by atoms with Crippen molar-refractivity contribution in [2.24, 2.45) is 0 Å². The molecule has 0 aliphatic heterocycles. The lowest BCUT2D eigenvalue weighted by atomic mass is 10.1. The van der Waals surface area contributed by atoms with Gasteiger partial charge in [-0.05, 0) is 45.9 Å². The van der Waals surface area contributed by atoms with E-state index >= 15 is 0 Å². The molecular formula is C21H13IO4. The van der Waals surface area contributed by atoms with Gasteiger partial charge in [0, 0.05) is 10.9 Å². The standard InChI is InChI=1S/C21H13IO4/c1-25-20(23)17-11-16(12-7-3-2-4-8-13(12)17)19-18(22)14-9-5-6-10-15(14)21(24)26-19/h2-11H,1H3. The summed E-state index contributed by atoms with van der Waals surface area (Å²) in [5.41, 5.74) is 2.32. The van der Waals surface area contributed by atoms with Crippen LogP contribution in [0.15, 0.2) is 69.9 Å². The molecule has 1 aromatic carbocycles. The Balaban J connectivity index is 2.08. The molecule has 2 aliphatic carbocycles. The van der Waals surface area contributed by atoms with Crippen LogP contribution in [0.4, 0.5) is 0 Å². The fourth-order valence-electron chi connectivity index (χ4n) is 3.12. The number of hydrogen-bond acceptors (Lipinski definition) is 4. The average Bonchev–Trinajstić information content (AvgIpc) is 2.85. The molecule has 5 heteroatoms. The van der Waals surface area contributed by atoms with Gasteiger partial charge in [-0.3, -0.25) is 0 Å². The van der Waals surface area contributed by atoms with Gasteiger partial charge in [-0.2, -0.15) is 0 Å². The predicted molar refractivity (Wildman–Crippen MR) is 109 cm³/mol. The molecular weight excluding hydrogens is 443 g/mol. The minimum Gasteiger partial charge on any atom is -0.465 e. The highest BCUT2D eigenvalue weighted by Crippen LogP contribution is 2.41. The lowest BCUT2D eigenvalue weighted by Crippen LogP contribution is -2.02. The van der Waals surface area contributed by atoms with Crippen molar-refractivity contribution in [2.45, 2.75) is 0 Å². The summed E-state index contributed by atoms with van der Waals surface area (Å²) in [5.74, 6) is 0.0336. The zero-order valence-electron chi connectivity index (χ0n) is 13.8. The number of rotatable bonds is 2. The Bertz CT molecular complexity index is 1180. The molecule has 0 unspecified atom stereocenters. The molecule has 1 heterocycles. The van der Waals surface area contributed by atoms with Gasteiger partial charge in [-0.15, -0.1) is 0 Å². The number of ether oxygens (including phenoxy) is 1. The van der Waals surface area contributed by atoms with E-state index in [0.29, 0.717) is 22.3 Å². The fourth-order valence-corrected chi connectivity index (χ4v) is 4.00. The van der Waals surface area contributed by atoms with Gasteiger partial charge in [0.2, 0.25) is 0 Å². The first-order valence-electron chi connectivity index (χ1n) is 7.93. The Morgan fingerprint density at radius 1 is 0.923 bits per heavy atom. The number of benzene rings is 1. The summed E-state index contributed by atoms with van der Waals surface area (Å²) in [7, 11) is 1.35. The van der Waals surface area contributed by atoms with Crippen LogP contribution in [0, 0.1) is 3.57 Å². The molecule has 2 aliphatic rings. The van der Waals surface area contributed by atoms with E-state index in [1.807, 2.05) is 48.5 Å². The van der Waals surface area contributed by atoms with Gasteiger partial charge < -0.3 is 9.15 Å². The van der Waals surface area contributed by atoms with Crippen LogP contribution < -0.4 is 5.63 Å². The number of carbonyl (C=O) groups is 1. The number of esters is 1. The normalized spacial score (nSPS) is 11.0. The molecule has 128 valence electrons. The van der Waals surface area contributed by atoms with Crippen LogP contribution in [-0.2, 0) is 4.74 Å². The van der Waals surface area contributed by atoms with E-state index < -0.39 is 11.6 Å². The third kappa shape index (κ3) is 2.59. The minimum absolute atomic E-state index is 0.398. The maximum Gasteiger partial charge on any atom is 0.344 e. The Morgan fingerprint density at radius 3 is 2.31 bits per heavy atom. The van der Waals surface area contributed by atoms with Crippen molar-refractivity contribution in [1.29, 1.82) is 0 Å². The summed E-state index contributed by atoms with van der Waals surface area (Å²) in [4.78, 5) is 24.7. The summed E-state index contributed by atoms with van der Waals surface area (Å²) < 4.78 is 11.4. The van der Waals surface area contributed by atoms with Crippen LogP contribution in [0.2, 0.25) is 0 Å². The van der Waals surface area contributed by atoms with Gasteiger partial charge in [0.15, 0.2) is 5.76 Å². The SMILES string of the molecule is COC(=O)c1cc(-c2oc(=O)c3ccccc3c2I)c2cccccc1-2. The second kappa shape index (κ2) is 6.57. The predicted octanol–water partition coefficient (Wildman–Crippen LogP) is 4.96. The molecule has 0 atom stereocenters. The van der Waals surface area contributed by atoms with Crippen molar-refractivity contribution in [3.8, 4) is 22.5 Å². The molecule has 0 radical (unpaired) electrons. The highest BCUT2D eigenvalue weighted by molar-refractivity contribution is 14.1. The summed E-state index contributed by atoms with van der Waals surface area (Å²) in [6.45, 7) is 0. The van der Waals surface area contributed by atoms with E-state index in [2.05, 4.69) is 22.6 Å². The summed E-state index contributed by atoms with van der Waals surface area (Å²) in [6.07, 6.45) is 0. The number of carbonyl (C=O) groups excluding carboxylic acids is 1. The van der Waals surface area contributed by atoms with Crippen molar-refractivity contribution in [2.75, 3.05) is 7.11 Å². The van der Waals surface area contributed by atoms with E-state index in [-0.39, 0.29) is 0 Å². The Morgan fingerprint density at radius 2 is 1.58 bits per heavy atom. The molecule has 26 heavy (non-hydrogen) atoms. The highest BCUT2D eigenvalue weighted by atomic mass is 127. The molecule has 4 nitrogen and oxygen atoms in total. The third-order valence-corrected chi connectivity index (χ3v) is 5.41. The molecule has 0 saturated carbocycles. The molecule has 0 saturated heterocycles. The van der Waals surface area contributed by atoms with Gasteiger partial charge in [0.25, 0.3) is 0 Å². The zero-order chi connectivity index (χ0) is 18.3. The average molecular weight is 456 g/mol. The van der Waals surface area contributed by atoms with Crippen molar-refractivity contribution in [1.82, 2.24) is 0 Å². The molecule has 2 aromatic rings. The molecule has 0 N–H and O–H groups in total. The monoisotopic (exact) mass is 456 g/mol. The lowest BCUT2D eigenvalue weighted by Gasteiger charge is -2.07. The third-order valence-electron chi connectivity index (χ3n) is 4.33. The van der Waals surface area contributed by atoms with E-state index in [1.165, 1.54) is 7.11 Å². The van der Waals surface area contributed by atoms with Crippen LogP contribution in [0.5, 0.6) is 0 Å². The maximum atomic E-state index is 12.5. The molecule has 4 rings (SSSR count). The largest absolute Gasteiger partial charge is 0.465 e. The fraction of sp³-hybridized carbons (Fsp3) is 0.0476. The summed E-state index contributed by atoms with van der Waals surface area (Å²) in [5, 5.41) is 1.36. The second-order valence-electron chi connectivity index (χ2n) is 5.78. The van der Waals surface area contributed by atoms with Crippen LogP contribution in [-0.4, -0.2) is 13.1 Å². The number of halogens is 1. The lowest BCUT2D eigenvalue weighted by molar-refractivity contribution is 0.0602. The zero-order valence-corrected chi connectivity index (χ0v) is 15.9. The summed E-state index contributed by atoms with van der Waals surface area (Å²) in [6, 6.07) is 18.5. The first kappa shape index (κ1) is 16.8. The van der Waals surface area contributed by atoms with Crippen LogP contribution >= 0.6 is 22.6 Å². The van der Waals surface area contributed by atoms with Gasteiger partial charge in [0.1, 0.15) is 0 Å². The van der Waals surface area contributed by atoms with Crippen molar-refractivity contribution >= 4 is 39.3 Å². The quantitative estimate of drug-likeness (QED) is 0.316. The van der Waals surface area contributed by atoms with Gasteiger partial charge in [0.05, 0.1) is 21.6 Å². The van der Waals surface area contributed by atoms with Gasteiger partial charge in [-0.25, -0.2) is 9.59 Å². The van der Waals surface area contributed by atoms with Crippen molar-refractivity contribution < 1.29 is 13.9 Å². The van der Waals surface area contributed by atoms with E-state index in [4.69, 9.17) is 9.15 Å². The second-order valence-corrected chi connectivity index (χ2v) is 6.86. The molecule has 0 amide bonds. The number of hydrogen-bond donors (Lipinski definition) is 0. The van der Waals surface area contributed by atoms with E-state index in [1.54, 1.807) is 12.1 Å². The topological polar surface area (TPSA) is 56.5 Å². The van der Waals surface area contributed by atoms with Crippen molar-refractivity contribution in [3.63, 3.8) is 0 Å². The molecule has 0 bridgehead atoms. The first-order valence-corrected chi connectivity index (χ1v) is 9.01. The Kier molecular flexibility index (Phi) is 4.24. The number of fused-ring (bicyclic) bond motifs is 2. The maximum absolute atomic E-state index is 12.5. The Hall–Kier alpha value is -2.67. The molecule has 1 aromatic heterocycles. The smallest absolute Gasteiger partial charge is 0.344 e. The van der Waals surface area contributed by atoms with Crippen LogP contribution in [0.25, 0.3) is 33.2 Å². The first-order chi connectivity index (χ1) is 12.6. The van der Waals surface area contributed by atoms with Gasteiger partial charge in [-0.1, -0.05) is 48.5 Å². The van der Waals surface area contributed by atoms with Crippen molar-refractivity contribution in [3.05, 3.63) is 80.2 Å². The van der Waals surface area contributed by atoms with E-state index in [9.17, 15) is 9.59 Å². The highest BCUT2D eigenvalue weighted by Gasteiger charge is 2.24. The number of methoxy groups -OCH3 is 1. The molecule has 0 spiro atoms.